The second-order valence-corrected chi connectivity index (χ2v) is 3.74. The van der Waals surface area contributed by atoms with E-state index in [1.165, 1.54) is 15.2 Å². The smallest absolute Gasteiger partial charge is 0.344 e. The topological polar surface area (TPSA) is 49.9 Å². The Morgan fingerprint density at radius 2 is 2.08 bits per heavy atom. The molecule has 2 aromatic heterocycles. The Kier molecular flexibility index (Phi) is 1.79. The van der Waals surface area contributed by atoms with Gasteiger partial charge < -0.3 is 5.48 Å². The van der Waals surface area contributed by atoms with Gasteiger partial charge in [0.1, 0.15) is 12.4 Å². The zero-order valence-corrected chi connectivity index (χ0v) is 7.58. The number of benzene rings is 1. The van der Waals surface area contributed by atoms with Crippen molar-refractivity contribution < 1.29 is 9.88 Å². The largest absolute Gasteiger partial charge is 0.870 e. The number of rotatable bonds is 0. The van der Waals surface area contributed by atoms with Crippen LogP contribution >= 0.6 is 11.3 Å². The van der Waals surface area contributed by atoms with Crippen LogP contribution < -0.4 is 4.40 Å². The van der Waals surface area contributed by atoms with Gasteiger partial charge in [-0.15, -0.1) is 0 Å². The lowest BCUT2D eigenvalue weighted by Crippen LogP contribution is -2.14. The van der Waals surface area contributed by atoms with Gasteiger partial charge in [-0.1, -0.05) is 12.1 Å². The molecule has 2 heterocycles. The van der Waals surface area contributed by atoms with Gasteiger partial charge in [-0.3, -0.25) is 0 Å². The molecule has 3 nitrogen and oxygen atoms in total. The molecule has 0 bridgehead atoms. The SMILES string of the molecule is [OH-].c1ccc2c(c1)sc1[nH]cc[n+]12. The molecule has 0 fully saturated rings. The van der Waals surface area contributed by atoms with E-state index >= 15 is 0 Å². The Balaban J connectivity index is 0.000000653. The fourth-order valence-electron chi connectivity index (χ4n) is 1.44. The van der Waals surface area contributed by atoms with Crippen LogP contribution in [0.3, 0.4) is 0 Å². The highest BCUT2D eigenvalue weighted by atomic mass is 32.1. The first-order chi connectivity index (χ1) is 5.95. The normalized spacial score (nSPS) is 10.5. The third-order valence-corrected chi connectivity index (χ3v) is 3.05. The summed E-state index contributed by atoms with van der Waals surface area (Å²) in [5.74, 6) is 0. The van der Waals surface area contributed by atoms with Gasteiger partial charge in [-0.2, -0.15) is 4.40 Å². The van der Waals surface area contributed by atoms with Crippen LogP contribution in [0.25, 0.3) is 15.2 Å². The molecular weight excluding hydrogens is 184 g/mol. The zero-order chi connectivity index (χ0) is 7.97. The van der Waals surface area contributed by atoms with Crippen LogP contribution in [-0.4, -0.2) is 10.5 Å². The molecule has 2 N–H and O–H groups in total. The van der Waals surface area contributed by atoms with Gasteiger partial charge >= 0.3 is 4.96 Å². The van der Waals surface area contributed by atoms with E-state index in [9.17, 15) is 0 Å². The standard InChI is InChI=1S/C9H6N2S.H2O/c1-2-4-8-7(3-1)11-6-5-10-9(11)12-8;/h1-6H;1H2. The molecule has 0 spiro atoms. The summed E-state index contributed by atoms with van der Waals surface area (Å²) in [5.41, 5.74) is 1.28. The van der Waals surface area contributed by atoms with Gasteiger partial charge in [0, 0.05) is 0 Å². The summed E-state index contributed by atoms with van der Waals surface area (Å²) in [4.78, 5) is 4.38. The summed E-state index contributed by atoms with van der Waals surface area (Å²) in [6.45, 7) is 0. The Morgan fingerprint density at radius 1 is 1.23 bits per heavy atom. The van der Waals surface area contributed by atoms with Crippen molar-refractivity contribution in [2.75, 3.05) is 0 Å². The fourth-order valence-corrected chi connectivity index (χ4v) is 2.45. The van der Waals surface area contributed by atoms with Gasteiger partial charge in [0.05, 0.1) is 4.70 Å². The van der Waals surface area contributed by atoms with Crippen molar-refractivity contribution in [1.82, 2.24) is 4.98 Å². The van der Waals surface area contributed by atoms with Crippen LogP contribution in [0.2, 0.25) is 0 Å². The first-order valence-electron chi connectivity index (χ1n) is 3.81. The lowest BCUT2D eigenvalue weighted by atomic mass is 10.3. The second-order valence-electron chi connectivity index (χ2n) is 2.71. The molecule has 0 aliphatic rings. The highest BCUT2D eigenvalue weighted by molar-refractivity contribution is 7.22. The van der Waals surface area contributed by atoms with E-state index in [0.29, 0.717) is 0 Å². The molecule has 4 heteroatoms. The van der Waals surface area contributed by atoms with Gasteiger partial charge in [0.2, 0.25) is 0 Å². The van der Waals surface area contributed by atoms with Crippen LogP contribution in [0, 0.1) is 0 Å². The van der Waals surface area contributed by atoms with E-state index in [1.54, 1.807) is 11.3 Å². The minimum atomic E-state index is 0. The number of nitrogens with zero attached hydrogens (tertiary/aromatic N) is 1. The molecule has 0 atom stereocenters. The zero-order valence-electron chi connectivity index (χ0n) is 6.77. The minimum absolute atomic E-state index is 0. The molecule has 0 aliphatic carbocycles. The molecule has 0 saturated heterocycles. The summed E-state index contributed by atoms with van der Waals surface area (Å²) >= 11 is 1.78. The minimum Gasteiger partial charge on any atom is -0.870 e. The van der Waals surface area contributed by atoms with Crippen LogP contribution in [-0.2, 0) is 0 Å². The van der Waals surface area contributed by atoms with Crippen LogP contribution in [0.4, 0.5) is 0 Å². The summed E-state index contributed by atoms with van der Waals surface area (Å²) in [6, 6.07) is 8.40. The Morgan fingerprint density at radius 3 is 3.00 bits per heavy atom. The van der Waals surface area contributed by atoms with Gasteiger partial charge in [0.25, 0.3) is 0 Å². The Labute approximate surface area is 78.6 Å². The maximum absolute atomic E-state index is 3.19. The average molecular weight is 192 g/mol. The van der Waals surface area contributed by atoms with Crippen molar-refractivity contribution in [2.45, 2.75) is 0 Å². The average Bonchev–Trinajstić information content (AvgIpc) is 2.62. The predicted octanol–water partition coefficient (Wildman–Crippen LogP) is 1.79. The summed E-state index contributed by atoms with van der Waals surface area (Å²) in [6.07, 6.45) is 4.01. The molecule has 0 radical (unpaired) electrons. The van der Waals surface area contributed by atoms with E-state index in [2.05, 4.69) is 33.7 Å². The van der Waals surface area contributed by atoms with Gasteiger partial charge in [0.15, 0.2) is 5.52 Å². The molecular formula is C9H8N2OS. The number of nitrogens with one attached hydrogen (secondary N) is 1. The number of fused-ring (bicyclic) bond motifs is 3. The van der Waals surface area contributed by atoms with Crippen molar-refractivity contribution in [2.24, 2.45) is 0 Å². The first kappa shape index (κ1) is 8.22. The van der Waals surface area contributed by atoms with E-state index in [-0.39, 0.29) is 5.48 Å². The van der Waals surface area contributed by atoms with Crippen LogP contribution in [0.1, 0.15) is 0 Å². The van der Waals surface area contributed by atoms with Gasteiger partial charge in [-0.05, 0) is 23.5 Å². The van der Waals surface area contributed by atoms with Crippen molar-refractivity contribution in [3.8, 4) is 0 Å². The van der Waals surface area contributed by atoms with Crippen molar-refractivity contribution in [1.29, 1.82) is 0 Å². The molecule has 66 valence electrons. The molecule has 3 rings (SSSR count). The third kappa shape index (κ3) is 1.03. The first-order valence-corrected chi connectivity index (χ1v) is 4.63. The number of H-pyrrole nitrogens is 1. The Bertz CT molecular complexity index is 540. The number of thiazole rings is 1. The number of para-hydroxylation sites is 1. The number of hydrogen-bond donors (Lipinski definition) is 1. The molecule has 0 saturated carbocycles. The third-order valence-electron chi connectivity index (χ3n) is 1.98. The molecule has 3 aromatic rings. The Hall–Kier alpha value is -1.39. The van der Waals surface area contributed by atoms with E-state index < -0.39 is 0 Å². The van der Waals surface area contributed by atoms with Gasteiger partial charge in [-0.25, -0.2) is 4.98 Å². The lowest BCUT2D eigenvalue weighted by Gasteiger charge is -1.81. The summed E-state index contributed by atoms with van der Waals surface area (Å²) < 4.78 is 3.49. The summed E-state index contributed by atoms with van der Waals surface area (Å²) in [7, 11) is 0. The fraction of sp³-hybridized carbons (Fsp3) is 0. The van der Waals surface area contributed by atoms with E-state index in [1.807, 2.05) is 12.4 Å². The van der Waals surface area contributed by atoms with Crippen LogP contribution in [0.15, 0.2) is 36.7 Å². The van der Waals surface area contributed by atoms with Crippen molar-refractivity contribution in [3.05, 3.63) is 36.7 Å². The van der Waals surface area contributed by atoms with E-state index in [4.69, 9.17) is 0 Å². The lowest BCUT2D eigenvalue weighted by molar-refractivity contribution is -0.475. The number of imidazole rings is 1. The molecule has 13 heavy (non-hydrogen) atoms. The maximum atomic E-state index is 3.19. The maximum Gasteiger partial charge on any atom is 0.344 e. The molecule has 1 aromatic carbocycles. The van der Waals surface area contributed by atoms with E-state index in [0.717, 1.165) is 0 Å². The van der Waals surface area contributed by atoms with Crippen molar-refractivity contribution >= 4 is 26.5 Å². The summed E-state index contributed by atoms with van der Waals surface area (Å²) in [5, 5.41) is 0. The molecule has 0 unspecified atom stereocenters. The van der Waals surface area contributed by atoms with Crippen LogP contribution in [0.5, 0.6) is 0 Å². The highest BCUT2D eigenvalue weighted by Gasteiger charge is 2.09. The molecule has 0 aliphatic heterocycles. The monoisotopic (exact) mass is 192 g/mol. The number of aromatic amines is 1. The molecule has 0 amide bonds. The van der Waals surface area contributed by atoms with Crippen molar-refractivity contribution in [3.63, 3.8) is 0 Å². The highest BCUT2D eigenvalue weighted by Crippen LogP contribution is 2.18. The quantitative estimate of drug-likeness (QED) is 0.542. The second kappa shape index (κ2) is 2.83. The number of aromatic nitrogens is 2. The predicted molar refractivity (Wildman–Crippen MR) is 51.3 cm³/mol. The number of hydrogen-bond acceptors (Lipinski definition) is 2.